The lowest BCUT2D eigenvalue weighted by Crippen LogP contribution is -1.95. The Bertz CT molecular complexity index is 3160. The van der Waals surface area contributed by atoms with Crippen molar-refractivity contribution in [2.24, 2.45) is 0 Å². The fourth-order valence-electron chi connectivity index (χ4n) is 8.53. The van der Waals surface area contributed by atoms with Crippen LogP contribution in [0.1, 0.15) is 0 Å². The second-order valence-corrected chi connectivity index (χ2v) is 13.7. The van der Waals surface area contributed by atoms with Gasteiger partial charge in [-0.2, -0.15) is 0 Å². The van der Waals surface area contributed by atoms with Crippen LogP contribution in [0.25, 0.3) is 98.8 Å². The first kappa shape index (κ1) is 28.9. The first-order valence-corrected chi connectivity index (χ1v) is 17.9. The molecule has 0 amide bonds. The quantitative estimate of drug-likeness (QED) is 0.178. The number of hydrogen-bond donors (Lipinski definition) is 0. The molecule has 242 valence electrons. The van der Waals surface area contributed by atoms with E-state index in [0.717, 1.165) is 11.4 Å². The Labute approximate surface area is 301 Å². The van der Waals surface area contributed by atoms with Crippen LogP contribution >= 0.6 is 0 Å². The number of benzene rings is 9. The van der Waals surface area contributed by atoms with E-state index in [1.165, 1.54) is 87.4 Å². The predicted octanol–water partition coefficient (Wildman–Crippen LogP) is 13.5. The Kier molecular flexibility index (Phi) is 6.28. The third-order valence-electron chi connectivity index (χ3n) is 10.9. The van der Waals surface area contributed by atoms with E-state index >= 15 is 0 Å². The summed E-state index contributed by atoms with van der Waals surface area (Å²) in [6, 6.07) is 70.9. The van der Waals surface area contributed by atoms with Crippen LogP contribution in [0.3, 0.4) is 0 Å². The van der Waals surface area contributed by atoms with Gasteiger partial charge in [0, 0.05) is 32.9 Å². The van der Waals surface area contributed by atoms with Gasteiger partial charge in [-0.05, 0) is 98.4 Å². The van der Waals surface area contributed by atoms with Crippen molar-refractivity contribution in [3.63, 3.8) is 0 Å². The Morgan fingerprint density at radius 2 is 0.808 bits per heavy atom. The van der Waals surface area contributed by atoms with Gasteiger partial charge < -0.3 is 9.13 Å². The molecule has 0 bridgehead atoms. The van der Waals surface area contributed by atoms with E-state index in [9.17, 15) is 0 Å². The van der Waals surface area contributed by atoms with Crippen LogP contribution in [-0.4, -0.2) is 9.13 Å². The van der Waals surface area contributed by atoms with Crippen LogP contribution in [0.5, 0.6) is 0 Å². The second kappa shape index (κ2) is 11.3. The first-order chi connectivity index (χ1) is 25.8. The van der Waals surface area contributed by atoms with Crippen molar-refractivity contribution in [3.8, 4) is 33.6 Å². The molecule has 2 heteroatoms. The molecule has 0 radical (unpaired) electrons. The van der Waals surface area contributed by atoms with Crippen molar-refractivity contribution in [2.75, 3.05) is 0 Å². The van der Waals surface area contributed by atoms with Gasteiger partial charge in [-0.15, -0.1) is 0 Å². The molecular formula is C50H32N2. The van der Waals surface area contributed by atoms with Crippen LogP contribution in [0.2, 0.25) is 0 Å². The summed E-state index contributed by atoms with van der Waals surface area (Å²) >= 11 is 0. The molecule has 11 aromatic rings. The van der Waals surface area contributed by atoms with Crippen molar-refractivity contribution in [2.45, 2.75) is 0 Å². The smallest absolute Gasteiger partial charge is 0.0548 e. The van der Waals surface area contributed by atoms with Crippen LogP contribution in [0, 0.1) is 0 Å². The van der Waals surface area contributed by atoms with Crippen LogP contribution in [0.15, 0.2) is 194 Å². The summed E-state index contributed by atoms with van der Waals surface area (Å²) in [5.74, 6) is 0. The molecule has 0 aliphatic rings. The molecule has 2 nitrogen and oxygen atoms in total. The molecule has 11 rings (SSSR count). The number of rotatable bonds is 4. The van der Waals surface area contributed by atoms with Crippen LogP contribution in [-0.2, 0) is 0 Å². The average Bonchev–Trinajstić information content (AvgIpc) is 3.73. The molecule has 52 heavy (non-hydrogen) atoms. The van der Waals surface area contributed by atoms with E-state index in [1.807, 2.05) is 0 Å². The molecule has 9 aromatic carbocycles. The highest BCUT2D eigenvalue weighted by molar-refractivity contribution is 6.29. The first-order valence-electron chi connectivity index (χ1n) is 17.9. The molecule has 2 aromatic heterocycles. The highest BCUT2D eigenvalue weighted by Gasteiger charge is 2.21. The minimum atomic E-state index is 1.16. The van der Waals surface area contributed by atoms with Gasteiger partial charge in [-0.3, -0.25) is 0 Å². The van der Waals surface area contributed by atoms with Gasteiger partial charge in [0.15, 0.2) is 0 Å². The maximum Gasteiger partial charge on any atom is 0.0548 e. The maximum absolute atomic E-state index is 2.46. The SMILES string of the molecule is c1ccc(-c2ccc3cc(-n4c5ccccc5c5c6c7ccccc7n(-c7ccc8cccc(-c9ccccc9)c8c7)c6ccc54)ccc3c2)cc1. The Balaban J connectivity index is 1.16. The van der Waals surface area contributed by atoms with Crippen molar-refractivity contribution < 1.29 is 0 Å². The van der Waals surface area contributed by atoms with Crippen molar-refractivity contribution >= 4 is 65.2 Å². The maximum atomic E-state index is 2.46. The summed E-state index contributed by atoms with van der Waals surface area (Å²) in [7, 11) is 0. The fourth-order valence-corrected chi connectivity index (χ4v) is 8.53. The Morgan fingerprint density at radius 3 is 1.48 bits per heavy atom. The summed E-state index contributed by atoms with van der Waals surface area (Å²) in [6.45, 7) is 0. The zero-order valence-electron chi connectivity index (χ0n) is 28.4. The topological polar surface area (TPSA) is 9.86 Å². The molecule has 0 aliphatic carbocycles. The highest BCUT2D eigenvalue weighted by atomic mass is 15.0. The summed E-state index contributed by atoms with van der Waals surface area (Å²) < 4.78 is 4.90. The molecular weight excluding hydrogens is 629 g/mol. The van der Waals surface area contributed by atoms with Gasteiger partial charge in [0.1, 0.15) is 0 Å². The zero-order valence-corrected chi connectivity index (χ0v) is 28.4. The number of aromatic nitrogens is 2. The van der Waals surface area contributed by atoms with Gasteiger partial charge >= 0.3 is 0 Å². The lowest BCUT2D eigenvalue weighted by atomic mass is 9.98. The van der Waals surface area contributed by atoms with E-state index in [2.05, 4.69) is 203 Å². The average molecular weight is 661 g/mol. The lowest BCUT2D eigenvalue weighted by molar-refractivity contribution is 1.18. The fraction of sp³-hybridized carbons (Fsp3) is 0. The normalized spacial score (nSPS) is 11.8. The molecule has 0 aliphatic heterocycles. The molecule has 0 unspecified atom stereocenters. The van der Waals surface area contributed by atoms with Crippen molar-refractivity contribution in [1.29, 1.82) is 0 Å². The number of hydrogen-bond acceptors (Lipinski definition) is 0. The van der Waals surface area contributed by atoms with E-state index in [1.54, 1.807) is 0 Å². The number of fused-ring (bicyclic) bond motifs is 9. The lowest BCUT2D eigenvalue weighted by Gasteiger charge is -2.13. The molecule has 0 atom stereocenters. The van der Waals surface area contributed by atoms with Gasteiger partial charge in [-0.1, -0.05) is 140 Å². The molecule has 0 N–H and O–H groups in total. The molecule has 0 fully saturated rings. The zero-order chi connectivity index (χ0) is 34.2. The van der Waals surface area contributed by atoms with Gasteiger partial charge in [0.2, 0.25) is 0 Å². The van der Waals surface area contributed by atoms with E-state index in [-0.39, 0.29) is 0 Å². The van der Waals surface area contributed by atoms with Gasteiger partial charge in [0.05, 0.1) is 22.1 Å². The summed E-state index contributed by atoms with van der Waals surface area (Å²) in [5.41, 5.74) is 12.1. The van der Waals surface area contributed by atoms with Crippen molar-refractivity contribution in [1.82, 2.24) is 9.13 Å². The molecule has 0 spiro atoms. The summed E-state index contributed by atoms with van der Waals surface area (Å²) in [6.07, 6.45) is 0. The van der Waals surface area contributed by atoms with Crippen LogP contribution in [0.4, 0.5) is 0 Å². The molecule has 2 heterocycles. The van der Waals surface area contributed by atoms with Crippen LogP contribution < -0.4 is 0 Å². The van der Waals surface area contributed by atoms with Gasteiger partial charge in [-0.25, -0.2) is 0 Å². The third-order valence-corrected chi connectivity index (χ3v) is 10.9. The second-order valence-electron chi connectivity index (χ2n) is 13.7. The Hall–Kier alpha value is -6.90. The minimum Gasteiger partial charge on any atom is -0.309 e. The Morgan fingerprint density at radius 1 is 0.269 bits per heavy atom. The monoisotopic (exact) mass is 660 g/mol. The molecule has 0 saturated heterocycles. The standard InChI is InChI=1S/C50H32N2/c1-3-12-33(13-4-1)36-22-23-38-31-39(27-25-37(38)30-36)51-45-20-9-7-17-42(45)49-47(51)28-29-48-50(49)43-18-8-10-21-46(43)52(48)40-26-24-35-16-11-19-41(44(35)32-40)34-14-5-2-6-15-34/h1-32H. The number of nitrogens with zero attached hydrogens (tertiary/aromatic N) is 2. The highest BCUT2D eigenvalue weighted by Crippen LogP contribution is 2.43. The van der Waals surface area contributed by atoms with Gasteiger partial charge in [0.25, 0.3) is 0 Å². The summed E-state index contributed by atoms with van der Waals surface area (Å²) in [4.78, 5) is 0. The summed E-state index contributed by atoms with van der Waals surface area (Å²) in [5, 5.41) is 10.0. The predicted molar refractivity (Wildman–Crippen MR) is 221 cm³/mol. The third kappa shape index (κ3) is 4.31. The minimum absolute atomic E-state index is 1.16. The van der Waals surface area contributed by atoms with E-state index in [0.29, 0.717) is 0 Å². The van der Waals surface area contributed by atoms with E-state index in [4.69, 9.17) is 0 Å². The number of para-hydroxylation sites is 2. The van der Waals surface area contributed by atoms with E-state index < -0.39 is 0 Å². The largest absolute Gasteiger partial charge is 0.309 e. The molecule has 0 saturated carbocycles. The van der Waals surface area contributed by atoms with Crippen molar-refractivity contribution in [3.05, 3.63) is 194 Å².